The maximum absolute atomic E-state index is 4.61. The highest BCUT2D eigenvalue weighted by Gasteiger charge is 2.16. The van der Waals surface area contributed by atoms with Crippen molar-refractivity contribution in [3.8, 4) is 0 Å². The van der Waals surface area contributed by atoms with Crippen molar-refractivity contribution in [1.82, 2.24) is 15.2 Å². The van der Waals surface area contributed by atoms with E-state index in [0.29, 0.717) is 12.1 Å². The Morgan fingerprint density at radius 1 is 1.15 bits per heavy atom. The molecule has 0 radical (unpaired) electrons. The van der Waals surface area contributed by atoms with E-state index >= 15 is 0 Å². The molecule has 0 amide bonds. The summed E-state index contributed by atoms with van der Waals surface area (Å²) in [6.07, 6.45) is 0. The molecule has 0 spiro atoms. The van der Waals surface area contributed by atoms with Gasteiger partial charge in [-0.3, -0.25) is 4.98 Å². The number of nitrogens with one attached hydrogen (secondary N) is 1. The second kappa shape index (κ2) is 7.75. The predicted molar refractivity (Wildman–Crippen MR) is 87.2 cm³/mol. The fourth-order valence-electron chi connectivity index (χ4n) is 3.12. The van der Waals surface area contributed by atoms with E-state index in [9.17, 15) is 0 Å². The molecule has 0 aromatic carbocycles. The fraction of sp³-hybridized carbons (Fsp3) is 0.706. The first-order valence-electron chi connectivity index (χ1n) is 7.82. The summed E-state index contributed by atoms with van der Waals surface area (Å²) < 4.78 is 0. The average Bonchev–Trinajstić information content (AvgIpc) is 2.34. The Labute approximate surface area is 124 Å². The standard InChI is InChI=1S/C17H31N3/c1-8-20(9-2)11-14(5)19-16(7)17-12(3)10-13(4)18-15(17)6/h10,14,16,19H,8-9,11H2,1-7H3. The molecule has 0 aliphatic carbocycles. The molecule has 1 N–H and O–H groups in total. The van der Waals surface area contributed by atoms with Gasteiger partial charge in [0.15, 0.2) is 0 Å². The van der Waals surface area contributed by atoms with E-state index in [4.69, 9.17) is 0 Å². The van der Waals surface area contributed by atoms with E-state index < -0.39 is 0 Å². The van der Waals surface area contributed by atoms with E-state index in [1.54, 1.807) is 0 Å². The zero-order valence-electron chi connectivity index (χ0n) is 14.2. The summed E-state index contributed by atoms with van der Waals surface area (Å²) in [5, 5.41) is 3.71. The Morgan fingerprint density at radius 2 is 1.75 bits per heavy atom. The van der Waals surface area contributed by atoms with Crippen LogP contribution in [0.2, 0.25) is 0 Å². The number of pyridine rings is 1. The van der Waals surface area contributed by atoms with Crippen LogP contribution in [0.1, 0.15) is 56.3 Å². The zero-order valence-corrected chi connectivity index (χ0v) is 14.2. The summed E-state index contributed by atoms with van der Waals surface area (Å²) >= 11 is 0. The molecule has 0 fully saturated rings. The monoisotopic (exact) mass is 277 g/mol. The van der Waals surface area contributed by atoms with Crippen LogP contribution in [0.5, 0.6) is 0 Å². The Bertz CT molecular complexity index is 401. The van der Waals surface area contributed by atoms with Gasteiger partial charge >= 0.3 is 0 Å². The van der Waals surface area contributed by atoms with Crippen molar-refractivity contribution >= 4 is 0 Å². The number of aryl methyl sites for hydroxylation is 3. The van der Waals surface area contributed by atoms with Crippen LogP contribution in [-0.4, -0.2) is 35.6 Å². The molecule has 1 aromatic heterocycles. The Kier molecular flexibility index (Phi) is 6.63. The molecule has 2 atom stereocenters. The number of rotatable bonds is 7. The Morgan fingerprint density at radius 3 is 2.25 bits per heavy atom. The molecule has 1 aromatic rings. The van der Waals surface area contributed by atoms with Crippen LogP contribution in [0, 0.1) is 20.8 Å². The van der Waals surface area contributed by atoms with Crippen molar-refractivity contribution < 1.29 is 0 Å². The van der Waals surface area contributed by atoms with Gasteiger partial charge in [-0.15, -0.1) is 0 Å². The predicted octanol–water partition coefficient (Wildman–Crippen LogP) is 3.39. The summed E-state index contributed by atoms with van der Waals surface area (Å²) in [7, 11) is 0. The number of aromatic nitrogens is 1. The molecule has 1 heterocycles. The molecular weight excluding hydrogens is 246 g/mol. The van der Waals surface area contributed by atoms with Crippen LogP contribution >= 0.6 is 0 Å². The summed E-state index contributed by atoms with van der Waals surface area (Å²) in [5.74, 6) is 0. The van der Waals surface area contributed by atoms with Gasteiger partial charge in [-0.25, -0.2) is 0 Å². The minimum absolute atomic E-state index is 0.341. The van der Waals surface area contributed by atoms with Crippen molar-refractivity contribution in [3.63, 3.8) is 0 Å². The first kappa shape index (κ1) is 17.1. The first-order chi connectivity index (χ1) is 9.38. The normalized spacial score (nSPS) is 14.6. The second-order valence-electron chi connectivity index (χ2n) is 5.85. The van der Waals surface area contributed by atoms with E-state index in [1.807, 2.05) is 0 Å². The summed E-state index contributed by atoms with van der Waals surface area (Å²) in [4.78, 5) is 7.06. The lowest BCUT2D eigenvalue weighted by Gasteiger charge is -2.27. The quantitative estimate of drug-likeness (QED) is 0.828. The van der Waals surface area contributed by atoms with Crippen molar-refractivity contribution in [2.24, 2.45) is 0 Å². The van der Waals surface area contributed by atoms with Gasteiger partial charge in [0, 0.05) is 30.0 Å². The molecule has 0 aliphatic heterocycles. The van der Waals surface area contributed by atoms with E-state index in [1.165, 1.54) is 11.1 Å². The highest BCUT2D eigenvalue weighted by Crippen LogP contribution is 2.21. The van der Waals surface area contributed by atoms with Gasteiger partial charge in [-0.2, -0.15) is 0 Å². The molecular formula is C17H31N3. The number of hydrogen-bond acceptors (Lipinski definition) is 3. The lowest BCUT2D eigenvalue weighted by atomic mass is 10.00. The van der Waals surface area contributed by atoms with Gasteiger partial charge in [0.25, 0.3) is 0 Å². The second-order valence-corrected chi connectivity index (χ2v) is 5.85. The summed E-state index contributed by atoms with van der Waals surface area (Å²) in [5.41, 5.74) is 4.94. The van der Waals surface area contributed by atoms with Gasteiger partial charge in [-0.05, 0) is 64.9 Å². The maximum Gasteiger partial charge on any atom is 0.0426 e. The van der Waals surface area contributed by atoms with Gasteiger partial charge in [0.2, 0.25) is 0 Å². The van der Waals surface area contributed by atoms with E-state index in [0.717, 1.165) is 31.0 Å². The molecule has 0 bridgehead atoms. The van der Waals surface area contributed by atoms with Crippen molar-refractivity contribution in [1.29, 1.82) is 0 Å². The minimum Gasteiger partial charge on any atom is -0.306 e. The average molecular weight is 277 g/mol. The van der Waals surface area contributed by atoms with Crippen molar-refractivity contribution in [2.45, 2.75) is 60.5 Å². The highest BCUT2D eigenvalue weighted by atomic mass is 15.1. The van der Waals surface area contributed by atoms with E-state index in [-0.39, 0.29) is 0 Å². The largest absolute Gasteiger partial charge is 0.306 e. The first-order valence-corrected chi connectivity index (χ1v) is 7.82. The van der Waals surface area contributed by atoms with Crippen LogP contribution < -0.4 is 5.32 Å². The minimum atomic E-state index is 0.341. The van der Waals surface area contributed by atoms with Gasteiger partial charge in [0.05, 0.1) is 0 Å². The fourth-order valence-corrected chi connectivity index (χ4v) is 3.12. The lowest BCUT2D eigenvalue weighted by molar-refractivity contribution is 0.263. The number of hydrogen-bond donors (Lipinski definition) is 1. The molecule has 3 nitrogen and oxygen atoms in total. The van der Waals surface area contributed by atoms with Crippen molar-refractivity contribution in [3.05, 3.63) is 28.6 Å². The Hall–Kier alpha value is -0.930. The third-order valence-electron chi connectivity index (χ3n) is 3.98. The van der Waals surface area contributed by atoms with Gasteiger partial charge < -0.3 is 10.2 Å². The molecule has 114 valence electrons. The lowest BCUT2D eigenvalue weighted by Crippen LogP contribution is -2.40. The van der Waals surface area contributed by atoms with Crippen LogP contribution in [-0.2, 0) is 0 Å². The molecule has 0 saturated carbocycles. The topological polar surface area (TPSA) is 28.2 Å². The maximum atomic E-state index is 4.61. The molecule has 0 aliphatic rings. The van der Waals surface area contributed by atoms with Crippen LogP contribution in [0.3, 0.4) is 0 Å². The highest BCUT2D eigenvalue weighted by molar-refractivity contribution is 5.33. The van der Waals surface area contributed by atoms with Crippen LogP contribution in [0.25, 0.3) is 0 Å². The van der Waals surface area contributed by atoms with Gasteiger partial charge in [0.1, 0.15) is 0 Å². The molecule has 2 unspecified atom stereocenters. The van der Waals surface area contributed by atoms with Crippen LogP contribution in [0.4, 0.5) is 0 Å². The molecule has 20 heavy (non-hydrogen) atoms. The SMILES string of the molecule is CCN(CC)CC(C)NC(C)c1c(C)cc(C)nc1C. The van der Waals surface area contributed by atoms with Gasteiger partial charge in [-0.1, -0.05) is 13.8 Å². The summed E-state index contributed by atoms with van der Waals surface area (Å²) in [6.45, 7) is 18.6. The summed E-state index contributed by atoms with van der Waals surface area (Å²) in [6, 6.07) is 2.99. The zero-order chi connectivity index (χ0) is 15.3. The van der Waals surface area contributed by atoms with E-state index in [2.05, 4.69) is 69.7 Å². The molecule has 1 rings (SSSR count). The third-order valence-corrected chi connectivity index (χ3v) is 3.98. The third kappa shape index (κ3) is 4.57. The van der Waals surface area contributed by atoms with Crippen LogP contribution in [0.15, 0.2) is 6.07 Å². The number of nitrogens with zero attached hydrogens (tertiary/aromatic N) is 2. The molecule has 3 heteroatoms. The smallest absolute Gasteiger partial charge is 0.0426 e. The Balaban J connectivity index is 2.74. The number of likely N-dealkylation sites (N-methyl/N-ethyl adjacent to an activating group) is 1. The van der Waals surface area contributed by atoms with Crippen molar-refractivity contribution in [2.75, 3.05) is 19.6 Å². The molecule has 0 saturated heterocycles.